The number of benzene rings is 2. The van der Waals surface area contributed by atoms with Crippen molar-refractivity contribution in [2.45, 2.75) is 54.4 Å². The van der Waals surface area contributed by atoms with Crippen molar-refractivity contribution in [3.05, 3.63) is 65.2 Å². The summed E-state index contributed by atoms with van der Waals surface area (Å²) in [6.07, 6.45) is 0.727. The maximum atomic E-state index is 12.0. The lowest BCUT2D eigenvalue weighted by Gasteiger charge is -2.44. The smallest absolute Gasteiger partial charge is 0.276 e. The summed E-state index contributed by atoms with van der Waals surface area (Å²) >= 11 is 17.0. The second-order valence-electron chi connectivity index (χ2n) is 10.3. The fraction of sp³-hybridized carbons (Fsp3) is 0.536. The number of halogens is 3. The lowest BCUT2D eigenvalue weighted by Crippen LogP contribution is -2.50. The Balaban J connectivity index is 1.32. The molecule has 0 aromatic heterocycles. The molecule has 0 unspecified atom stereocenters. The quantitative estimate of drug-likeness (QED) is 0.446. The van der Waals surface area contributed by atoms with Gasteiger partial charge in [0.1, 0.15) is 0 Å². The van der Waals surface area contributed by atoms with Crippen LogP contribution in [-0.2, 0) is 30.3 Å². The number of aliphatic hydroxyl groups is 1. The minimum atomic E-state index is -2.06. The lowest BCUT2D eigenvalue weighted by atomic mass is 9.89. The largest absolute Gasteiger partial charge is 0.392 e. The van der Waals surface area contributed by atoms with Gasteiger partial charge in [0.25, 0.3) is 9.70 Å². The predicted octanol–water partition coefficient (Wildman–Crippen LogP) is 5.12. The molecule has 212 valence electrons. The van der Waals surface area contributed by atoms with Crippen LogP contribution in [0.5, 0.6) is 0 Å². The second kappa shape index (κ2) is 12.2. The Kier molecular flexibility index (Phi) is 9.08. The standard InChI is InChI=1S/C28H33Cl3N2O6/c1-18-23(16-33-12-10-27(11-13-33)36-14-15-37-27)38-25(39-24(18)20-4-2-19(17-34)3-5-20)21-6-8-22(9-7-21)32-26(35)28(29,30)31/h2-9,18,23-25,34H,10-17H2,1H3,(H,32,35)/t18-,23+,24+,25+/m1/s1. The number of nitrogens with one attached hydrogen (secondary N) is 1. The summed E-state index contributed by atoms with van der Waals surface area (Å²) < 4.78 is 22.8. The van der Waals surface area contributed by atoms with Gasteiger partial charge in [-0.25, -0.2) is 0 Å². The van der Waals surface area contributed by atoms with Gasteiger partial charge in [-0.2, -0.15) is 0 Å². The summed E-state index contributed by atoms with van der Waals surface area (Å²) in [6.45, 7) is 5.93. The van der Waals surface area contributed by atoms with Crippen molar-refractivity contribution in [3.63, 3.8) is 0 Å². The highest BCUT2D eigenvalue weighted by Crippen LogP contribution is 2.42. The zero-order valence-corrected chi connectivity index (χ0v) is 23.9. The van der Waals surface area contributed by atoms with E-state index in [1.54, 1.807) is 12.1 Å². The van der Waals surface area contributed by atoms with Gasteiger partial charge >= 0.3 is 0 Å². The molecule has 2 N–H and O–H groups in total. The van der Waals surface area contributed by atoms with Crippen LogP contribution >= 0.6 is 34.8 Å². The monoisotopic (exact) mass is 598 g/mol. The van der Waals surface area contributed by atoms with E-state index >= 15 is 0 Å². The van der Waals surface area contributed by atoms with Crippen LogP contribution in [0.25, 0.3) is 0 Å². The van der Waals surface area contributed by atoms with Gasteiger partial charge in [-0.05, 0) is 23.3 Å². The molecule has 2 aromatic carbocycles. The number of rotatable bonds is 6. The molecule has 3 heterocycles. The summed E-state index contributed by atoms with van der Waals surface area (Å²) in [7, 11) is 0. The number of ether oxygens (including phenoxy) is 4. The van der Waals surface area contributed by atoms with Crippen LogP contribution in [-0.4, -0.2) is 64.4 Å². The molecule has 2 aromatic rings. The van der Waals surface area contributed by atoms with Crippen LogP contribution in [0.4, 0.5) is 5.69 Å². The van der Waals surface area contributed by atoms with Crippen molar-refractivity contribution in [2.24, 2.45) is 5.92 Å². The van der Waals surface area contributed by atoms with Gasteiger partial charge in [-0.3, -0.25) is 4.79 Å². The molecule has 3 fully saturated rings. The maximum absolute atomic E-state index is 12.0. The number of aliphatic hydroxyl groups excluding tert-OH is 1. The molecule has 4 atom stereocenters. The van der Waals surface area contributed by atoms with Gasteiger partial charge in [0.2, 0.25) is 0 Å². The van der Waals surface area contributed by atoms with Gasteiger partial charge in [-0.15, -0.1) is 0 Å². The van der Waals surface area contributed by atoms with Crippen molar-refractivity contribution >= 4 is 46.4 Å². The zero-order valence-electron chi connectivity index (χ0n) is 21.7. The first-order chi connectivity index (χ1) is 18.7. The summed E-state index contributed by atoms with van der Waals surface area (Å²) in [5, 5.41) is 12.1. The number of hydrogen-bond donors (Lipinski definition) is 2. The Labute approximate surface area is 243 Å². The Bertz CT molecular complexity index is 1110. The highest BCUT2D eigenvalue weighted by Gasteiger charge is 2.43. The molecule has 39 heavy (non-hydrogen) atoms. The summed E-state index contributed by atoms with van der Waals surface area (Å²) in [5.41, 5.74) is 3.17. The number of carbonyl (C=O) groups is 1. The van der Waals surface area contributed by atoms with Crippen LogP contribution in [0.1, 0.15) is 48.8 Å². The Hall–Kier alpha value is -1.46. The molecule has 1 amide bonds. The van der Waals surface area contributed by atoms with E-state index in [9.17, 15) is 9.90 Å². The van der Waals surface area contributed by atoms with Gasteiger partial charge in [0.05, 0.1) is 32.0 Å². The maximum Gasteiger partial charge on any atom is 0.276 e. The normalized spacial score (nSPS) is 27.5. The molecule has 3 aliphatic heterocycles. The summed E-state index contributed by atoms with van der Waals surface area (Å²) in [5.74, 6) is -1.09. The molecule has 3 saturated heterocycles. The fourth-order valence-corrected chi connectivity index (χ4v) is 5.51. The van der Waals surface area contributed by atoms with Crippen LogP contribution in [0.2, 0.25) is 0 Å². The zero-order chi connectivity index (χ0) is 27.6. The molecule has 0 radical (unpaired) electrons. The lowest BCUT2D eigenvalue weighted by molar-refractivity contribution is -0.278. The van der Waals surface area contributed by atoms with Crippen molar-refractivity contribution in [1.82, 2.24) is 4.90 Å². The van der Waals surface area contributed by atoms with Crippen LogP contribution in [0.15, 0.2) is 48.5 Å². The molecule has 11 heteroatoms. The Morgan fingerprint density at radius 3 is 2.21 bits per heavy atom. The third kappa shape index (κ3) is 6.89. The van der Waals surface area contributed by atoms with E-state index in [1.165, 1.54) is 0 Å². The van der Waals surface area contributed by atoms with Gasteiger partial charge in [0.15, 0.2) is 12.1 Å². The third-order valence-electron chi connectivity index (χ3n) is 7.69. The van der Waals surface area contributed by atoms with Crippen LogP contribution < -0.4 is 5.32 Å². The number of hydrogen-bond acceptors (Lipinski definition) is 7. The summed E-state index contributed by atoms with van der Waals surface area (Å²) in [6, 6.07) is 14.9. The van der Waals surface area contributed by atoms with E-state index in [0.717, 1.165) is 49.2 Å². The molecule has 8 nitrogen and oxygen atoms in total. The van der Waals surface area contributed by atoms with Crippen LogP contribution in [0.3, 0.4) is 0 Å². The minimum absolute atomic E-state index is 0.0131. The minimum Gasteiger partial charge on any atom is -0.392 e. The topological polar surface area (TPSA) is 89.5 Å². The van der Waals surface area contributed by atoms with Crippen molar-refractivity contribution in [1.29, 1.82) is 0 Å². The number of nitrogens with zero attached hydrogens (tertiary/aromatic N) is 1. The van der Waals surface area contributed by atoms with E-state index in [-0.39, 0.29) is 24.7 Å². The fourth-order valence-electron chi connectivity index (χ4n) is 5.37. The number of alkyl halides is 3. The number of carbonyl (C=O) groups excluding carboxylic acids is 1. The summed E-state index contributed by atoms with van der Waals surface area (Å²) in [4.78, 5) is 14.4. The SMILES string of the molecule is C[C@@H]1[C@H](CN2CCC3(CC2)OCCO3)O[C@H](c2ccc(NC(=O)C(Cl)(Cl)Cl)cc2)O[C@@H]1c1ccc(CO)cc1. The van der Waals surface area contributed by atoms with E-state index < -0.39 is 21.8 Å². The first-order valence-electron chi connectivity index (χ1n) is 13.1. The molecule has 5 rings (SSSR count). The van der Waals surface area contributed by atoms with Gasteiger partial charge in [0, 0.05) is 49.6 Å². The van der Waals surface area contributed by atoms with E-state index in [4.69, 9.17) is 53.8 Å². The highest BCUT2D eigenvalue weighted by atomic mass is 35.6. The number of piperidine rings is 1. The Morgan fingerprint density at radius 1 is 1.00 bits per heavy atom. The van der Waals surface area contributed by atoms with E-state index in [0.29, 0.717) is 18.9 Å². The molecule has 0 bridgehead atoms. The molecule has 0 aliphatic carbocycles. The first kappa shape index (κ1) is 29.0. The van der Waals surface area contributed by atoms with Gasteiger partial charge in [-0.1, -0.05) is 78.1 Å². The highest BCUT2D eigenvalue weighted by molar-refractivity contribution is 6.76. The average molecular weight is 600 g/mol. The first-order valence-corrected chi connectivity index (χ1v) is 14.3. The van der Waals surface area contributed by atoms with Crippen molar-refractivity contribution in [3.8, 4) is 0 Å². The number of amides is 1. The van der Waals surface area contributed by atoms with Gasteiger partial charge < -0.3 is 34.3 Å². The molecule has 3 aliphatic rings. The number of anilines is 1. The second-order valence-corrected chi connectivity index (χ2v) is 12.6. The Morgan fingerprint density at radius 2 is 1.62 bits per heavy atom. The van der Waals surface area contributed by atoms with E-state index in [2.05, 4.69) is 17.1 Å². The average Bonchev–Trinajstić information content (AvgIpc) is 3.39. The van der Waals surface area contributed by atoms with Crippen LogP contribution in [0, 0.1) is 5.92 Å². The van der Waals surface area contributed by atoms with Crippen molar-refractivity contribution in [2.75, 3.05) is 38.2 Å². The predicted molar refractivity (Wildman–Crippen MR) is 149 cm³/mol. The van der Waals surface area contributed by atoms with Crippen molar-refractivity contribution < 1.29 is 28.8 Å². The molecule has 0 saturated carbocycles. The molecular weight excluding hydrogens is 567 g/mol. The molecular formula is C28H33Cl3N2O6. The van der Waals surface area contributed by atoms with E-state index in [1.807, 2.05) is 36.4 Å². The molecule has 1 spiro atoms. The third-order valence-corrected chi connectivity index (χ3v) is 8.21. The number of likely N-dealkylation sites (tertiary alicyclic amines) is 1.